The number of imide groups is 1. The molecule has 29 heavy (non-hydrogen) atoms. The van der Waals surface area contributed by atoms with Crippen molar-refractivity contribution in [1.29, 1.82) is 0 Å². The lowest BCUT2D eigenvalue weighted by atomic mass is 9.91. The summed E-state index contributed by atoms with van der Waals surface area (Å²) in [5.41, 5.74) is -1.21. The lowest BCUT2D eigenvalue weighted by Crippen LogP contribution is -2.57. The van der Waals surface area contributed by atoms with Crippen molar-refractivity contribution in [2.24, 2.45) is 11.8 Å². The molecule has 2 aliphatic rings. The monoisotopic (exact) mass is 411 g/mol. The van der Waals surface area contributed by atoms with Gasteiger partial charge in [0.15, 0.2) is 0 Å². The Bertz CT molecular complexity index is 790. The fourth-order valence-electron chi connectivity index (χ4n) is 3.80. The summed E-state index contributed by atoms with van der Waals surface area (Å²) < 4.78 is 38.2. The van der Waals surface area contributed by atoms with Gasteiger partial charge in [0, 0.05) is 5.92 Å². The van der Waals surface area contributed by atoms with Crippen LogP contribution in [-0.2, 0) is 22.2 Å². The van der Waals surface area contributed by atoms with Gasteiger partial charge in [-0.3, -0.25) is 14.9 Å². The molecule has 0 bridgehead atoms. The summed E-state index contributed by atoms with van der Waals surface area (Å²) in [4.78, 5) is 36.6. The third kappa shape index (κ3) is 4.71. The molecular weight excluding hydrogens is 387 g/mol. The van der Waals surface area contributed by atoms with E-state index in [4.69, 9.17) is 0 Å². The maximum absolute atomic E-state index is 12.8. The highest BCUT2D eigenvalue weighted by atomic mass is 19.4. The number of rotatable bonds is 8. The Kier molecular flexibility index (Phi) is 5.86. The maximum atomic E-state index is 12.8. The van der Waals surface area contributed by atoms with Crippen LogP contribution in [0.3, 0.4) is 0 Å². The Morgan fingerprint density at radius 3 is 2.38 bits per heavy atom. The van der Waals surface area contributed by atoms with E-state index in [9.17, 15) is 27.6 Å². The van der Waals surface area contributed by atoms with E-state index in [0.717, 1.165) is 31.4 Å². The number of alkyl halides is 3. The fourth-order valence-corrected chi connectivity index (χ4v) is 3.80. The van der Waals surface area contributed by atoms with Gasteiger partial charge < -0.3 is 10.6 Å². The molecule has 9 heteroatoms. The van der Waals surface area contributed by atoms with E-state index in [1.807, 2.05) is 6.92 Å². The topological polar surface area (TPSA) is 87.3 Å². The second-order valence-corrected chi connectivity index (χ2v) is 7.76. The summed E-state index contributed by atoms with van der Waals surface area (Å²) in [6.07, 6.45) is -1.22. The summed E-state index contributed by atoms with van der Waals surface area (Å²) >= 11 is 0. The van der Waals surface area contributed by atoms with Gasteiger partial charge >= 0.3 is 12.2 Å². The van der Waals surface area contributed by atoms with Crippen molar-refractivity contribution in [3.8, 4) is 0 Å². The summed E-state index contributed by atoms with van der Waals surface area (Å²) in [5.74, 6) is -1.15. The molecule has 1 saturated heterocycles. The minimum Gasteiger partial charge on any atom is -0.353 e. The lowest BCUT2D eigenvalue weighted by Gasteiger charge is -2.27. The molecule has 2 atom stereocenters. The van der Waals surface area contributed by atoms with Crippen LogP contribution in [0.1, 0.15) is 43.7 Å². The first-order chi connectivity index (χ1) is 13.7. The third-order valence-electron chi connectivity index (χ3n) is 5.56. The maximum Gasteiger partial charge on any atom is 0.416 e. The lowest BCUT2D eigenvalue weighted by molar-refractivity contribution is -0.137. The number of urea groups is 1. The van der Waals surface area contributed by atoms with Crippen molar-refractivity contribution in [1.82, 2.24) is 16.0 Å². The van der Waals surface area contributed by atoms with Crippen LogP contribution in [0.5, 0.6) is 0 Å². The van der Waals surface area contributed by atoms with Crippen molar-refractivity contribution >= 4 is 17.8 Å². The zero-order chi connectivity index (χ0) is 21.2. The van der Waals surface area contributed by atoms with Crippen LogP contribution in [0.15, 0.2) is 24.3 Å². The quantitative estimate of drug-likeness (QED) is 0.575. The van der Waals surface area contributed by atoms with E-state index in [1.165, 1.54) is 12.1 Å². The van der Waals surface area contributed by atoms with Crippen LogP contribution < -0.4 is 16.0 Å². The van der Waals surface area contributed by atoms with Crippen LogP contribution in [0.25, 0.3) is 0 Å². The van der Waals surface area contributed by atoms with E-state index in [-0.39, 0.29) is 18.4 Å². The number of benzene rings is 1. The van der Waals surface area contributed by atoms with Crippen LogP contribution >= 0.6 is 0 Å². The molecule has 1 aliphatic heterocycles. The normalized spacial score (nSPS) is 22.8. The molecule has 1 aliphatic carbocycles. The van der Waals surface area contributed by atoms with Gasteiger partial charge in [-0.2, -0.15) is 13.2 Å². The smallest absolute Gasteiger partial charge is 0.353 e. The first-order valence-electron chi connectivity index (χ1n) is 9.73. The molecule has 4 amide bonds. The largest absolute Gasteiger partial charge is 0.416 e. The number of amides is 4. The van der Waals surface area contributed by atoms with Gasteiger partial charge in [0.2, 0.25) is 5.91 Å². The average Bonchev–Trinajstić information content (AvgIpc) is 3.45. The molecule has 1 heterocycles. The molecule has 0 radical (unpaired) electrons. The first-order valence-corrected chi connectivity index (χ1v) is 9.73. The predicted molar refractivity (Wildman–Crippen MR) is 98.7 cm³/mol. The summed E-state index contributed by atoms with van der Waals surface area (Å²) in [5, 5.41) is 7.67. The summed E-state index contributed by atoms with van der Waals surface area (Å²) in [7, 11) is 0. The van der Waals surface area contributed by atoms with Crippen molar-refractivity contribution in [2.75, 3.05) is 6.54 Å². The number of carbonyl (C=O) groups excluding carboxylic acids is 3. The van der Waals surface area contributed by atoms with Crippen LogP contribution in [0, 0.1) is 11.8 Å². The molecule has 158 valence electrons. The Balaban J connectivity index is 1.65. The predicted octanol–water partition coefficient (Wildman–Crippen LogP) is 2.77. The second-order valence-electron chi connectivity index (χ2n) is 7.76. The van der Waals surface area contributed by atoms with Gasteiger partial charge in [0.05, 0.1) is 12.1 Å². The summed E-state index contributed by atoms with van der Waals surface area (Å²) in [6.45, 7) is 1.92. The van der Waals surface area contributed by atoms with E-state index >= 15 is 0 Å². The van der Waals surface area contributed by atoms with Gasteiger partial charge in [-0.05, 0) is 49.3 Å². The molecule has 2 unspecified atom stereocenters. The van der Waals surface area contributed by atoms with E-state index in [1.54, 1.807) is 0 Å². The Morgan fingerprint density at radius 2 is 1.90 bits per heavy atom. The highest BCUT2D eigenvalue weighted by Gasteiger charge is 2.56. The number of hydrogen-bond donors (Lipinski definition) is 3. The number of hydrogen-bond acceptors (Lipinski definition) is 3. The molecule has 0 aromatic heterocycles. The highest BCUT2D eigenvalue weighted by Crippen LogP contribution is 2.41. The molecule has 1 aromatic rings. The van der Waals surface area contributed by atoms with E-state index in [0.29, 0.717) is 18.4 Å². The Hall–Kier alpha value is -2.58. The molecule has 2 fully saturated rings. The Labute approximate surface area is 166 Å². The zero-order valence-corrected chi connectivity index (χ0v) is 16.1. The van der Waals surface area contributed by atoms with E-state index in [2.05, 4.69) is 16.0 Å². The zero-order valence-electron chi connectivity index (χ0n) is 16.1. The van der Waals surface area contributed by atoms with Crippen molar-refractivity contribution in [2.45, 2.75) is 50.7 Å². The minimum absolute atomic E-state index is 0.00129. The van der Waals surface area contributed by atoms with Crippen LogP contribution in [0.4, 0.5) is 18.0 Å². The third-order valence-corrected chi connectivity index (χ3v) is 5.56. The molecule has 3 N–H and O–H groups in total. The van der Waals surface area contributed by atoms with Crippen molar-refractivity contribution < 1.29 is 27.6 Å². The van der Waals surface area contributed by atoms with Gasteiger partial charge in [0.1, 0.15) is 5.54 Å². The molecule has 6 nitrogen and oxygen atoms in total. The standard InChI is InChI=1S/C20H24F3N3O3/c1-2-3-13(10-12-4-6-15(7-5-12)20(21,22)23)16(27)24-11-19(14-8-9-14)17(28)25-18(29)26-19/h4-7,13-14H,2-3,8-11H2,1H3,(H,24,27)(H2,25,26,28,29). The van der Waals surface area contributed by atoms with Gasteiger partial charge in [-0.25, -0.2) is 4.79 Å². The van der Waals surface area contributed by atoms with Crippen molar-refractivity contribution in [3.05, 3.63) is 35.4 Å². The van der Waals surface area contributed by atoms with Gasteiger partial charge in [0.25, 0.3) is 5.91 Å². The van der Waals surface area contributed by atoms with Gasteiger partial charge in [-0.1, -0.05) is 25.5 Å². The summed E-state index contributed by atoms with van der Waals surface area (Å²) in [6, 6.07) is 4.23. The molecule has 1 saturated carbocycles. The molecule has 1 aromatic carbocycles. The molecular formula is C20H24F3N3O3. The van der Waals surface area contributed by atoms with Gasteiger partial charge in [-0.15, -0.1) is 0 Å². The van der Waals surface area contributed by atoms with E-state index < -0.39 is 35.1 Å². The van der Waals surface area contributed by atoms with Crippen LogP contribution in [0.2, 0.25) is 0 Å². The second kappa shape index (κ2) is 8.04. The Morgan fingerprint density at radius 1 is 1.24 bits per heavy atom. The van der Waals surface area contributed by atoms with Crippen LogP contribution in [-0.4, -0.2) is 29.9 Å². The first kappa shape index (κ1) is 21.1. The SMILES string of the molecule is CCCC(Cc1ccc(C(F)(F)F)cc1)C(=O)NCC1(C2CC2)NC(=O)NC1=O. The molecule has 0 spiro atoms. The number of nitrogens with one attached hydrogen (secondary N) is 3. The van der Waals surface area contributed by atoms with Crippen molar-refractivity contribution in [3.63, 3.8) is 0 Å². The number of halogens is 3. The molecule has 3 rings (SSSR count). The fraction of sp³-hybridized carbons (Fsp3) is 0.550. The average molecular weight is 411 g/mol. The minimum atomic E-state index is -4.40. The number of carbonyl (C=O) groups is 3. The highest BCUT2D eigenvalue weighted by molar-refractivity contribution is 6.07.